The van der Waals surface area contributed by atoms with E-state index < -0.39 is 0 Å². The van der Waals surface area contributed by atoms with Crippen molar-refractivity contribution in [2.75, 3.05) is 6.61 Å². The van der Waals surface area contributed by atoms with Crippen molar-refractivity contribution in [2.45, 2.75) is 46.1 Å². The average Bonchev–Trinajstić information content (AvgIpc) is 3.42. The molecule has 0 aliphatic heterocycles. The normalized spacial score (nSPS) is 26.1. The molecule has 2 aliphatic carbocycles. The smallest absolute Gasteiger partial charge is 0.0875 e. The molecule has 1 heteroatoms. The van der Waals surface area contributed by atoms with Crippen LogP contribution in [0.1, 0.15) is 46.1 Å². The van der Waals surface area contributed by atoms with Crippen LogP contribution in [0, 0.1) is 29.6 Å². The maximum atomic E-state index is 6.67. The summed E-state index contributed by atoms with van der Waals surface area (Å²) in [5.41, 5.74) is 0.980. The summed E-state index contributed by atoms with van der Waals surface area (Å²) in [5, 5.41) is 10.4. The maximum Gasteiger partial charge on any atom is 0.0875 e. The molecule has 2 saturated carbocycles. The van der Waals surface area contributed by atoms with Crippen molar-refractivity contribution < 1.29 is 4.74 Å². The summed E-state index contributed by atoms with van der Waals surface area (Å²) < 4.78 is 6.67. The summed E-state index contributed by atoms with van der Waals surface area (Å²) in [6, 6.07) is 29.6. The van der Waals surface area contributed by atoms with E-state index in [1.54, 1.807) is 0 Å². The summed E-state index contributed by atoms with van der Waals surface area (Å²) in [6.45, 7) is 10.3. The molecule has 5 atom stereocenters. The minimum atomic E-state index is -0.290. The molecule has 5 unspecified atom stereocenters. The van der Waals surface area contributed by atoms with Crippen LogP contribution in [0.15, 0.2) is 78.9 Å². The first-order chi connectivity index (χ1) is 17.4. The lowest BCUT2D eigenvalue weighted by molar-refractivity contribution is -0.0539. The summed E-state index contributed by atoms with van der Waals surface area (Å²) in [7, 11) is 0. The Morgan fingerprint density at radius 3 is 1.72 bits per heavy atom. The molecule has 2 bridgehead atoms. The number of hydrogen-bond donors (Lipinski definition) is 0. The summed E-state index contributed by atoms with van der Waals surface area (Å²) in [5.74, 6) is 4.25. The van der Waals surface area contributed by atoms with Crippen LogP contribution in [-0.2, 0) is 10.3 Å². The number of fused-ring (bicyclic) bond motifs is 6. The van der Waals surface area contributed by atoms with Gasteiger partial charge in [-0.1, -0.05) is 50.2 Å². The van der Waals surface area contributed by atoms with Gasteiger partial charge in [-0.25, -0.2) is 0 Å². The number of benzene rings is 5. The molecular weight excluding hydrogens is 436 g/mol. The lowest BCUT2D eigenvalue weighted by Crippen LogP contribution is -2.31. The molecule has 0 saturated heterocycles. The van der Waals surface area contributed by atoms with Gasteiger partial charge >= 0.3 is 0 Å². The molecule has 182 valence electrons. The van der Waals surface area contributed by atoms with Crippen LogP contribution in [0.4, 0.5) is 0 Å². The van der Waals surface area contributed by atoms with Gasteiger partial charge in [0.25, 0.3) is 0 Å². The van der Waals surface area contributed by atoms with Crippen molar-refractivity contribution in [1.29, 1.82) is 0 Å². The van der Waals surface area contributed by atoms with Crippen LogP contribution < -0.4 is 0 Å². The molecule has 2 aliphatic rings. The van der Waals surface area contributed by atoms with Gasteiger partial charge in [-0.15, -0.1) is 0 Å². The van der Waals surface area contributed by atoms with Crippen LogP contribution in [-0.4, -0.2) is 6.61 Å². The van der Waals surface area contributed by atoms with Gasteiger partial charge in [0.15, 0.2) is 0 Å². The zero-order chi connectivity index (χ0) is 24.6. The largest absolute Gasteiger partial charge is 0.371 e. The Hall–Kier alpha value is -2.90. The summed E-state index contributed by atoms with van der Waals surface area (Å²) in [4.78, 5) is 0. The van der Waals surface area contributed by atoms with Crippen molar-refractivity contribution in [2.24, 2.45) is 29.6 Å². The Kier molecular flexibility index (Phi) is 4.99. The van der Waals surface area contributed by atoms with Crippen LogP contribution in [0.2, 0.25) is 0 Å². The lowest BCUT2D eigenvalue weighted by Gasteiger charge is -2.34. The fourth-order valence-corrected chi connectivity index (χ4v) is 7.50. The summed E-state index contributed by atoms with van der Waals surface area (Å²) in [6.07, 6.45) is 2.78. The quantitative estimate of drug-likeness (QED) is 0.237. The van der Waals surface area contributed by atoms with E-state index >= 15 is 0 Å². The number of hydrogen-bond acceptors (Lipinski definition) is 1. The third-order valence-corrected chi connectivity index (χ3v) is 10.0. The second-order valence-corrected chi connectivity index (χ2v) is 12.4. The highest BCUT2D eigenvalue weighted by Crippen LogP contribution is 2.55. The van der Waals surface area contributed by atoms with Crippen LogP contribution in [0.25, 0.3) is 43.1 Å². The predicted molar refractivity (Wildman–Crippen MR) is 153 cm³/mol. The lowest BCUT2D eigenvalue weighted by atomic mass is 9.76. The zero-order valence-corrected chi connectivity index (χ0v) is 21.9. The molecule has 2 fully saturated rings. The highest BCUT2D eigenvalue weighted by atomic mass is 16.5. The molecule has 5 aromatic rings. The first kappa shape index (κ1) is 22.3. The standard InChI is InChI=1S/C35H36O/c1-21-22(2)34-19-26(21)14-32(34)20-36-35(3,4)33-10-9-25-13-29-15-27-11-23-7-5-6-8-24(23)12-28(27)16-30(29)17-31(25)18-33/h5-13,15-18,21-22,26,32,34H,14,19-20H2,1-4H3. The molecule has 0 heterocycles. The van der Waals surface area contributed by atoms with Gasteiger partial charge in [0.2, 0.25) is 0 Å². The number of rotatable bonds is 4. The molecule has 0 amide bonds. The van der Waals surface area contributed by atoms with E-state index in [0.29, 0.717) is 0 Å². The fraction of sp³-hybridized carbons (Fsp3) is 0.371. The van der Waals surface area contributed by atoms with Gasteiger partial charge in [0.05, 0.1) is 12.2 Å². The topological polar surface area (TPSA) is 9.23 Å². The Balaban J connectivity index is 1.20. The van der Waals surface area contributed by atoms with E-state index in [2.05, 4.69) is 107 Å². The van der Waals surface area contributed by atoms with Crippen molar-refractivity contribution in [3.63, 3.8) is 0 Å². The summed E-state index contributed by atoms with van der Waals surface area (Å²) >= 11 is 0. The van der Waals surface area contributed by atoms with Crippen LogP contribution in [0.3, 0.4) is 0 Å². The van der Waals surface area contributed by atoms with Gasteiger partial charge in [-0.2, -0.15) is 0 Å². The SMILES string of the molecule is CC1C2CC(COC(C)(C)c3ccc4cc5cc6cc7ccccc7cc6cc5cc4c3)C(C2)C1C. The van der Waals surface area contributed by atoms with Gasteiger partial charge in [-0.3, -0.25) is 0 Å². The molecule has 0 aromatic heterocycles. The van der Waals surface area contributed by atoms with Crippen molar-refractivity contribution in [3.05, 3.63) is 84.4 Å². The van der Waals surface area contributed by atoms with Gasteiger partial charge in [0.1, 0.15) is 0 Å². The molecule has 5 aromatic carbocycles. The van der Waals surface area contributed by atoms with Crippen molar-refractivity contribution in [1.82, 2.24) is 0 Å². The third kappa shape index (κ3) is 3.55. The molecule has 0 radical (unpaired) electrons. The van der Waals surface area contributed by atoms with Crippen molar-refractivity contribution >= 4 is 43.1 Å². The Morgan fingerprint density at radius 2 is 1.17 bits per heavy atom. The van der Waals surface area contributed by atoms with E-state index in [4.69, 9.17) is 4.74 Å². The monoisotopic (exact) mass is 472 g/mol. The molecule has 0 spiro atoms. The fourth-order valence-electron chi connectivity index (χ4n) is 7.50. The van der Waals surface area contributed by atoms with E-state index in [-0.39, 0.29) is 5.60 Å². The molecule has 7 rings (SSSR count). The van der Waals surface area contributed by atoms with E-state index in [9.17, 15) is 0 Å². The Bertz CT molecular complexity index is 1620. The molecular formula is C35H36O. The van der Waals surface area contributed by atoms with Crippen molar-refractivity contribution in [3.8, 4) is 0 Å². The van der Waals surface area contributed by atoms with E-state index in [1.807, 2.05) is 0 Å². The molecule has 1 nitrogen and oxygen atoms in total. The zero-order valence-electron chi connectivity index (χ0n) is 21.9. The third-order valence-electron chi connectivity index (χ3n) is 10.0. The molecule has 0 N–H and O–H groups in total. The van der Waals surface area contributed by atoms with Gasteiger partial charge in [0, 0.05) is 0 Å². The Morgan fingerprint density at radius 1 is 0.639 bits per heavy atom. The van der Waals surface area contributed by atoms with Gasteiger partial charge < -0.3 is 4.74 Å². The minimum Gasteiger partial charge on any atom is -0.371 e. The number of ether oxygens (including phenoxy) is 1. The minimum absolute atomic E-state index is 0.290. The highest BCUT2D eigenvalue weighted by molar-refractivity contribution is 6.08. The maximum absolute atomic E-state index is 6.67. The Labute approximate surface area is 214 Å². The average molecular weight is 473 g/mol. The van der Waals surface area contributed by atoms with Gasteiger partial charge in [-0.05, 0) is 147 Å². The molecule has 36 heavy (non-hydrogen) atoms. The highest BCUT2D eigenvalue weighted by Gasteiger charge is 2.48. The van der Waals surface area contributed by atoms with E-state index in [0.717, 1.165) is 36.2 Å². The first-order valence-corrected chi connectivity index (χ1v) is 13.8. The van der Waals surface area contributed by atoms with Crippen LogP contribution >= 0.6 is 0 Å². The van der Waals surface area contributed by atoms with Crippen LogP contribution in [0.5, 0.6) is 0 Å². The van der Waals surface area contributed by atoms with E-state index in [1.165, 1.54) is 61.5 Å². The second-order valence-electron chi connectivity index (χ2n) is 12.4. The second kappa shape index (κ2) is 8.05. The predicted octanol–water partition coefficient (Wildman–Crippen LogP) is 9.48. The first-order valence-electron chi connectivity index (χ1n) is 13.8.